The van der Waals surface area contributed by atoms with Crippen LogP contribution in [0.2, 0.25) is 10.0 Å². The Hall–Kier alpha value is -3.18. The summed E-state index contributed by atoms with van der Waals surface area (Å²) in [6.07, 6.45) is -1.71. The summed E-state index contributed by atoms with van der Waals surface area (Å²) in [6.45, 7) is 3.18. The Kier molecular flexibility index (Phi) is 9.28. The van der Waals surface area contributed by atoms with E-state index in [4.69, 9.17) is 27.9 Å². The first kappa shape index (κ1) is 32.2. The summed E-state index contributed by atoms with van der Waals surface area (Å²) in [7, 11) is -4.06. The largest absolute Gasteiger partial charge is 0.481 e. The van der Waals surface area contributed by atoms with Crippen LogP contribution in [0.5, 0.6) is 0 Å². The Morgan fingerprint density at radius 1 is 1.07 bits per heavy atom. The summed E-state index contributed by atoms with van der Waals surface area (Å²) < 4.78 is 49.6. The van der Waals surface area contributed by atoms with Crippen molar-refractivity contribution in [3.8, 4) is 0 Å². The number of hydrogen-bond donors (Lipinski definition) is 1. The zero-order valence-electron chi connectivity index (χ0n) is 24.2. The number of ether oxygens (including phenoxy) is 1. The second kappa shape index (κ2) is 12.7. The summed E-state index contributed by atoms with van der Waals surface area (Å²) in [5.74, 6) is -2.55. The van der Waals surface area contributed by atoms with Gasteiger partial charge in [0.05, 0.1) is 35.5 Å². The predicted octanol–water partition coefficient (Wildman–Crippen LogP) is 6.78. The molecule has 1 amide bonds. The minimum Gasteiger partial charge on any atom is -0.481 e. The van der Waals surface area contributed by atoms with E-state index in [2.05, 4.69) is 0 Å². The van der Waals surface area contributed by atoms with Crippen LogP contribution in [0.3, 0.4) is 0 Å². The van der Waals surface area contributed by atoms with E-state index in [9.17, 15) is 23.1 Å². The van der Waals surface area contributed by atoms with Gasteiger partial charge in [-0.05, 0) is 73.7 Å². The lowest BCUT2D eigenvalue weighted by Crippen LogP contribution is -2.58. The standard InChI is InChI=1S/C32H33Cl2FN2O6S/c1-3-24(19-36(26-10-5-4-9-25(26)35)44(41,42)32(2)15-16-32)37-29(20-11-13-22(33)14-12-20)30(21-7-6-8-23(34)17-21)43-27(31(37)40)18-28(38)39/h4-14,17,24,27,29-30H,3,15-16,18-19H2,1-2H3,(H,38,39)/t24?,27-,29+,30+/m0/s1. The SMILES string of the molecule is CCC(CN(c1ccccc1F)S(=O)(=O)C1(C)CC1)N1C(=O)[C@H](CC(=O)O)O[C@H](c2cccc(Cl)c2)[C@H]1c1ccc(Cl)cc1. The molecule has 3 aromatic rings. The van der Waals surface area contributed by atoms with Gasteiger partial charge in [-0.15, -0.1) is 0 Å². The first-order valence-electron chi connectivity index (χ1n) is 14.3. The van der Waals surface area contributed by atoms with Crippen molar-refractivity contribution in [3.05, 3.63) is 99.8 Å². The van der Waals surface area contributed by atoms with E-state index < -0.39 is 63.2 Å². The molecular weight excluding hydrogens is 630 g/mol. The van der Waals surface area contributed by atoms with Gasteiger partial charge in [0.15, 0.2) is 0 Å². The van der Waals surface area contributed by atoms with E-state index in [0.717, 1.165) is 4.31 Å². The summed E-state index contributed by atoms with van der Waals surface area (Å²) >= 11 is 12.6. The Bertz CT molecular complexity index is 1650. The van der Waals surface area contributed by atoms with Gasteiger partial charge in [0.25, 0.3) is 5.91 Å². The molecule has 0 aromatic heterocycles. The maximum absolute atomic E-state index is 15.3. The first-order valence-corrected chi connectivity index (χ1v) is 16.5. The lowest BCUT2D eigenvalue weighted by Gasteiger charge is -2.49. The number of carboxylic acids is 1. The van der Waals surface area contributed by atoms with Crippen LogP contribution >= 0.6 is 23.2 Å². The van der Waals surface area contributed by atoms with Gasteiger partial charge >= 0.3 is 5.97 Å². The van der Waals surface area contributed by atoms with Gasteiger partial charge in [-0.3, -0.25) is 13.9 Å². The van der Waals surface area contributed by atoms with Crippen LogP contribution in [0.1, 0.15) is 62.8 Å². The van der Waals surface area contributed by atoms with E-state index in [0.29, 0.717) is 34.0 Å². The fraction of sp³-hybridized carbons (Fsp3) is 0.375. The third kappa shape index (κ3) is 6.31. The number of sulfonamides is 1. The molecule has 1 heterocycles. The van der Waals surface area contributed by atoms with Crippen molar-refractivity contribution < 1.29 is 32.2 Å². The second-order valence-electron chi connectivity index (χ2n) is 11.4. The molecule has 1 saturated carbocycles. The quantitative estimate of drug-likeness (QED) is 0.243. The number of carboxylic acid groups (broad SMARTS) is 1. The van der Waals surface area contributed by atoms with Crippen LogP contribution in [0, 0.1) is 5.82 Å². The summed E-state index contributed by atoms with van der Waals surface area (Å²) in [5, 5.41) is 10.6. The van der Waals surface area contributed by atoms with Gasteiger partial charge in [0.1, 0.15) is 18.0 Å². The van der Waals surface area contributed by atoms with Crippen molar-refractivity contribution in [2.75, 3.05) is 10.8 Å². The molecule has 2 fully saturated rings. The first-order chi connectivity index (χ1) is 20.9. The lowest BCUT2D eigenvalue weighted by molar-refractivity contribution is -0.183. The van der Waals surface area contributed by atoms with Crippen molar-refractivity contribution in [2.45, 2.75) is 68.6 Å². The molecule has 0 bridgehead atoms. The van der Waals surface area contributed by atoms with Crippen LogP contribution in [0.15, 0.2) is 72.8 Å². The molecule has 0 radical (unpaired) electrons. The van der Waals surface area contributed by atoms with E-state index in [1.165, 1.54) is 23.1 Å². The highest BCUT2D eigenvalue weighted by Gasteiger charge is 2.54. The number of morpholine rings is 1. The zero-order chi connectivity index (χ0) is 31.8. The molecule has 1 aliphatic heterocycles. The molecule has 5 rings (SSSR count). The molecular formula is C32H33Cl2FN2O6S. The number of amides is 1. The van der Waals surface area contributed by atoms with Crippen molar-refractivity contribution in [1.29, 1.82) is 0 Å². The van der Waals surface area contributed by atoms with Gasteiger partial charge in [-0.2, -0.15) is 0 Å². The van der Waals surface area contributed by atoms with E-state index in [1.54, 1.807) is 68.4 Å². The Morgan fingerprint density at radius 3 is 2.34 bits per heavy atom. The maximum atomic E-state index is 15.3. The molecule has 8 nitrogen and oxygen atoms in total. The number of anilines is 1. The number of carbonyl (C=O) groups excluding carboxylic acids is 1. The van der Waals surface area contributed by atoms with Crippen LogP contribution in [-0.4, -0.2) is 53.7 Å². The Balaban J connectivity index is 1.67. The molecule has 44 heavy (non-hydrogen) atoms. The predicted molar refractivity (Wildman–Crippen MR) is 167 cm³/mol. The normalized spacial score (nSPS) is 22.0. The van der Waals surface area contributed by atoms with Crippen LogP contribution in [0.4, 0.5) is 10.1 Å². The number of hydrogen-bond acceptors (Lipinski definition) is 5. The molecule has 3 aromatic carbocycles. The molecule has 1 aliphatic carbocycles. The maximum Gasteiger partial charge on any atom is 0.306 e. The summed E-state index contributed by atoms with van der Waals surface area (Å²) in [5.41, 5.74) is 1.12. The fourth-order valence-electron chi connectivity index (χ4n) is 5.68. The minimum absolute atomic E-state index is 0.115. The number of aliphatic carboxylic acids is 1. The third-order valence-electron chi connectivity index (χ3n) is 8.41. The summed E-state index contributed by atoms with van der Waals surface area (Å²) in [6, 6.07) is 17.7. The van der Waals surface area contributed by atoms with Crippen molar-refractivity contribution in [2.24, 2.45) is 0 Å². The van der Waals surface area contributed by atoms with Gasteiger partial charge in [0.2, 0.25) is 10.0 Å². The van der Waals surface area contributed by atoms with Crippen molar-refractivity contribution in [1.82, 2.24) is 4.90 Å². The van der Waals surface area contributed by atoms with Crippen LogP contribution in [-0.2, 0) is 24.3 Å². The molecule has 234 valence electrons. The average molecular weight is 664 g/mol. The molecule has 1 saturated heterocycles. The van der Waals surface area contributed by atoms with E-state index >= 15 is 4.39 Å². The van der Waals surface area contributed by atoms with Gasteiger partial charge in [-0.25, -0.2) is 12.8 Å². The van der Waals surface area contributed by atoms with Crippen LogP contribution in [0.25, 0.3) is 0 Å². The molecule has 1 unspecified atom stereocenters. The minimum atomic E-state index is -4.06. The number of nitrogens with zero attached hydrogens (tertiary/aromatic N) is 2. The van der Waals surface area contributed by atoms with Gasteiger partial charge in [0, 0.05) is 10.0 Å². The highest BCUT2D eigenvalue weighted by Crippen LogP contribution is 2.48. The Morgan fingerprint density at radius 2 is 1.75 bits per heavy atom. The number of rotatable bonds is 11. The monoisotopic (exact) mass is 662 g/mol. The van der Waals surface area contributed by atoms with Crippen molar-refractivity contribution >= 4 is 50.8 Å². The van der Waals surface area contributed by atoms with Gasteiger partial charge < -0.3 is 14.7 Å². The van der Waals surface area contributed by atoms with Crippen molar-refractivity contribution in [3.63, 3.8) is 0 Å². The molecule has 0 spiro atoms. The average Bonchev–Trinajstić information content (AvgIpc) is 3.75. The molecule has 4 atom stereocenters. The zero-order valence-corrected chi connectivity index (χ0v) is 26.5. The fourth-order valence-corrected chi connectivity index (χ4v) is 7.93. The van der Waals surface area contributed by atoms with Gasteiger partial charge in [-0.1, -0.05) is 66.5 Å². The second-order valence-corrected chi connectivity index (χ2v) is 14.7. The Labute approximate surface area is 266 Å². The van der Waals surface area contributed by atoms with E-state index in [-0.39, 0.29) is 18.7 Å². The topological polar surface area (TPSA) is 104 Å². The highest BCUT2D eigenvalue weighted by molar-refractivity contribution is 7.94. The third-order valence-corrected chi connectivity index (χ3v) is 11.5. The number of para-hydroxylation sites is 1. The number of benzene rings is 3. The molecule has 1 N–H and O–H groups in total. The molecule has 2 aliphatic rings. The lowest BCUT2D eigenvalue weighted by atomic mass is 9.89. The number of carbonyl (C=O) groups is 2. The molecule has 12 heteroatoms. The summed E-state index contributed by atoms with van der Waals surface area (Å²) in [4.78, 5) is 27.6. The number of halogens is 3. The van der Waals surface area contributed by atoms with Crippen LogP contribution < -0.4 is 4.31 Å². The smallest absolute Gasteiger partial charge is 0.306 e. The highest BCUT2D eigenvalue weighted by atomic mass is 35.5. The van der Waals surface area contributed by atoms with E-state index in [1.807, 2.05) is 0 Å².